The Labute approximate surface area is 383 Å². The van der Waals surface area contributed by atoms with E-state index in [0.29, 0.717) is 33.3 Å². The van der Waals surface area contributed by atoms with E-state index in [1.807, 2.05) is 53.4 Å². The number of furan rings is 1. The lowest BCUT2D eigenvalue weighted by atomic mass is 9.59. The van der Waals surface area contributed by atoms with E-state index in [-0.39, 0.29) is 65.6 Å². The normalized spacial score (nSPS) is 12.9. The van der Waals surface area contributed by atoms with E-state index in [0.717, 1.165) is 55.4 Å². The average molecular weight is 771 g/mol. The van der Waals surface area contributed by atoms with Crippen LogP contribution in [0.15, 0.2) is 108 Å². The highest BCUT2D eigenvalue weighted by molar-refractivity contribution is 6.72. The van der Waals surface area contributed by atoms with Crippen molar-refractivity contribution >= 4 is 209 Å². The van der Waals surface area contributed by atoms with Crippen molar-refractivity contribution in [3.8, 4) is 33.4 Å². The molecule has 1 aliphatic rings. The van der Waals surface area contributed by atoms with E-state index >= 15 is 0 Å². The zero-order chi connectivity index (χ0) is 44.5. The summed E-state index contributed by atoms with van der Waals surface area (Å²) in [6.07, 6.45) is 0. The van der Waals surface area contributed by atoms with Gasteiger partial charge >= 0.3 is 0 Å². The molecule has 8 aromatic carbocycles. The summed E-state index contributed by atoms with van der Waals surface area (Å²) in [6, 6.07) is 34.8. The van der Waals surface area contributed by atoms with Gasteiger partial charge in [-0.3, -0.25) is 0 Å². The van der Waals surface area contributed by atoms with Crippen molar-refractivity contribution in [3.63, 3.8) is 0 Å². The first-order chi connectivity index (χ1) is 30.0. The molecule has 1 aliphatic carbocycles. The molecule has 14 heteroatoms. The maximum Gasteiger partial charge on any atom is 0.143 e. The Bertz CT molecular complexity index is 3430. The van der Waals surface area contributed by atoms with Crippen molar-refractivity contribution in [2.75, 3.05) is 4.90 Å². The monoisotopic (exact) mass is 773 g/mol. The Hall–Kier alpha value is -5.60. The molecule has 0 bridgehead atoms. The van der Waals surface area contributed by atoms with E-state index < -0.39 is 5.41 Å². The molecule has 63 heavy (non-hydrogen) atoms. The molecule has 0 unspecified atom stereocenters. The van der Waals surface area contributed by atoms with Crippen LogP contribution in [0.1, 0.15) is 25.0 Å². The molecule has 24 radical (unpaired) electrons. The highest BCUT2D eigenvalue weighted by atomic mass is 16.3. The topological polar surface area (TPSA) is 16.4 Å². The van der Waals surface area contributed by atoms with Crippen LogP contribution in [0.5, 0.6) is 0 Å². The minimum atomic E-state index is -0.440. The Morgan fingerprint density at radius 3 is 1.59 bits per heavy atom. The Morgan fingerprint density at radius 1 is 0.413 bits per heavy atom. The molecule has 266 valence electrons. The van der Waals surface area contributed by atoms with Crippen LogP contribution in [-0.4, -0.2) is 94.2 Å². The van der Waals surface area contributed by atoms with Crippen molar-refractivity contribution in [2.45, 2.75) is 19.3 Å². The van der Waals surface area contributed by atoms with Gasteiger partial charge in [-0.25, -0.2) is 0 Å². The van der Waals surface area contributed by atoms with Gasteiger partial charge < -0.3 is 9.32 Å². The quantitative estimate of drug-likeness (QED) is 0.217. The second kappa shape index (κ2) is 14.7. The summed E-state index contributed by atoms with van der Waals surface area (Å²) >= 11 is 0. The number of hydrogen-bond acceptors (Lipinski definition) is 2. The van der Waals surface area contributed by atoms with Crippen LogP contribution in [0.3, 0.4) is 0 Å². The number of benzene rings is 8. The van der Waals surface area contributed by atoms with E-state index in [2.05, 4.69) is 68.4 Å². The number of rotatable bonds is 5. The summed E-state index contributed by atoms with van der Waals surface area (Å²) in [6.45, 7) is 4.44. The van der Waals surface area contributed by atoms with Gasteiger partial charge in [-0.1, -0.05) is 113 Å². The van der Waals surface area contributed by atoms with Crippen molar-refractivity contribution in [1.82, 2.24) is 0 Å². The Balaban J connectivity index is 1.13. The third-order valence-corrected chi connectivity index (χ3v) is 13.0. The van der Waals surface area contributed by atoms with Crippen LogP contribution in [0.25, 0.3) is 66.1 Å². The second-order valence-electron chi connectivity index (χ2n) is 16.7. The van der Waals surface area contributed by atoms with Gasteiger partial charge in [-0.2, -0.15) is 0 Å². The molecule has 10 rings (SSSR count). The SMILES string of the molecule is [B]c1c([B])c([B])c(N(c2ccc(-c3c([B])c([B])c([B])c4c([B])c([B])c([B])c([B])c34)cc2)c2ccc3c(c2)C(C)(C)c2cc(-c4cccc5c4oc4ccccc45)ccc2-3)c([B])c1[B]. The summed E-state index contributed by atoms with van der Waals surface area (Å²) in [5.74, 6) is 0. The van der Waals surface area contributed by atoms with Gasteiger partial charge in [0.2, 0.25) is 0 Å². The lowest BCUT2D eigenvalue weighted by Gasteiger charge is -2.33. The second-order valence-corrected chi connectivity index (χ2v) is 16.7. The highest BCUT2D eigenvalue weighted by Crippen LogP contribution is 2.52. The molecule has 0 fully saturated rings. The molecule has 0 saturated heterocycles. The molecule has 0 aliphatic heterocycles. The van der Waals surface area contributed by atoms with Gasteiger partial charge in [0.25, 0.3) is 0 Å². The van der Waals surface area contributed by atoms with E-state index in [1.165, 1.54) is 5.56 Å². The minimum Gasteiger partial charge on any atom is -0.455 e. The molecule has 0 spiro atoms. The van der Waals surface area contributed by atoms with Crippen molar-refractivity contribution in [1.29, 1.82) is 0 Å². The molecule has 9 aromatic rings. The summed E-state index contributed by atoms with van der Waals surface area (Å²) < 4.78 is 6.44. The zero-order valence-corrected chi connectivity index (χ0v) is 34.6. The molecule has 2 nitrogen and oxygen atoms in total. The van der Waals surface area contributed by atoms with E-state index in [4.69, 9.17) is 98.6 Å². The fraction of sp³-hybridized carbons (Fsp3) is 0.0612. The van der Waals surface area contributed by atoms with Crippen LogP contribution in [0.4, 0.5) is 17.1 Å². The molecule has 0 atom stereocenters. The van der Waals surface area contributed by atoms with Crippen LogP contribution < -0.4 is 70.5 Å². The standard InChI is InChI=1S/C49H23B12NO/c1-49(2)29-18-21(24-7-5-8-28-27-6-3-4-9-31(27)63-48(24)28)12-16-25(29)26-17-15-23(19-30(26)49)62(47-45(60)43(58)42(57)44(59)46(47)61)22-13-10-20(11-14-22)32-33-34(37(52)39(54)35(32)50)38(53)41(56)40(55)36(33)51/h3-19H,1-2H3. The first-order valence-corrected chi connectivity index (χ1v) is 20.2. The lowest BCUT2D eigenvalue weighted by Crippen LogP contribution is -2.56. The van der Waals surface area contributed by atoms with Gasteiger partial charge in [0.1, 0.15) is 105 Å². The van der Waals surface area contributed by atoms with Crippen LogP contribution in [0, 0.1) is 0 Å². The number of anilines is 3. The van der Waals surface area contributed by atoms with Crippen LogP contribution in [-0.2, 0) is 5.41 Å². The van der Waals surface area contributed by atoms with Gasteiger partial charge in [-0.15, -0.1) is 32.8 Å². The van der Waals surface area contributed by atoms with Crippen LogP contribution >= 0.6 is 0 Å². The maximum absolute atomic E-state index is 6.81. The Kier molecular flexibility index (Phi) is 9.68. The third-order valence-electron chi connectivity index (χ3n) is 13.0. The van der Waals surface area contributed by atoms with Gasteiger partial charge in [0.05, 0.1) is 0 Å². The van der Waals surface area contributed by atoms with Crippen molar-refractivity contribution in [3.05, 3.63) is 114 Å². The molecule has 0 N–H and O–H groups in total. The molecule has 0 amide bonds. The number of nitrogens with zero attached hydrogens (tertiary/aromatic N) is 1. The Morgan fingerprint density at radius 2 is 0.921 bits per heavy atom. The molecular weight excluding hydrogens is 748 g/mol. The van der Waals surface area contributed by atoms with Crippen molar-refractivity contribution < 1.29 is 4.42 Å². The lowest BCUT2D eigenvalue weighted by molar-refractivity contribution is 0.660. The van der Waals surface area contributed by atoms with Crippen LogP contribution in [0.2, 0.25) is 0 Å². The predicted molar refractivity (Wildman–Crippen MR) is 279 cm³/mol. The van der Waals surface area contributed by atoms with Crippen molar-refractivity contribution in [2.24, 2.45) is 0 Å². The molecular formula is C49H23B12NO. The van der Waals surface area contributed by atoms with E-state index in [9.17, 15) is 0 Å². The predicted octanol–water partition coefficient (Wildman–Crippen LogP) is -0.625. The van der Waals surface area contributed by atoms with E-state index in [1.54, 1.807) is 0 Å². The highest BCUT2D eigenvalue weighted by Gasteiger charge is 2.37. The fourth-order valence-electron chi connectivity index (χ4n) is 9.48. The number of hydrogen-bond donors (Lipinski definition) is 0. The molecule has 1 aromatic heterocycles. The molecule has 0 saturated carbocycles. The van der Waals surface area contributed by atoms with Gasteiger partial charge in [0, 0.05) is 38.8 Å². The molecule has 1 heterocycles. The largest absolute Gasteiger partial charge is 0.455 e. The van der Waals surface area contributed by atoms with Gasteiger partial charge in [-0.05, 0) is 86.1 Å². The summed E-state index contributed by atoms with van der Waals surface area (Å²) in [5, 5.41) is 2.95. The number of fused-ring (bicyclic) bond motifs is 7. The van der Waals surface area contributed by atoms with Gasteiger partial charge in [0.15, 0.2) is 0 Å². The number of para-hydroxylation sites is 2. The minimum absolute atomic E-state index is 0.101. The smallest absolute Gasteiger partial charge is 0.143 e. The first kappa shape index (κ1) is 41.4. The zero-order valence-electron chi connectivity index (χ0n) is 34.6. The summed E-state index contributed by atoms with van der Waals surface area (Å²) in [7, 11) is 78.2. The fourth-order valence-corrected chi connectivity index (χ4v) is 9.48. The summed E-state index contributed by atoms with van der Waals surface area (Å²) in [5.41, 5.74) is 12.4. The first-order valence-electron chi connectivity index (χ1n) is 20.2. The summed E-state index contributed by atoms with van der Waals surface area (Å²) in [4.78, 5) is 1.91. The third kappa shape index (κ3) is 5.96. The average Bonchev–Trinajstić information content (AvgIpc) is 3.78. The maximum atomic E-state index is 6.81.